The van der Waals surface area contributed by atoms with Gasteiger partial charge in [-0.15, -0.1) is 0 Å². The van der Waals surface area contributed by atoms with Crippen LogP contribution < -0.4 is 0 Å². The Balaban J connectivity index is 2.79. The number of aliphatic hydroxyl groups is 3. The van der Waals surface area contributed by atoms with E-state index in [4.69, 9.17) is 5.11 Å². The first-order chi connectivity index (χ1) is 5.87. The molecule has 1 aliphatic rings. The number of aliphatic carboxylic acids is 1. The third-order valence-electron chi connectivity index (χ3n) is 2.71. The summed E-state index contributed by atoms with van der Waals surface area (Å²) in [6, 6.07) is 0. The summed E-state index contributed by atoms with van der Waals surface area (Å²) in [5, 5.41) is 36.8. The minimum Gasteiger partial charge on any atom is -0.479 e. The molecule has 0 aromatic carbocycles. The Labute approximate surface area is 75.6 Å². The van der Waals surface area contributed by atoms with E-state index in [-0.39, 0.29) is 18.8 Å². The van der Waals surface area contributed by atoms with Crippen molar-refractivity contribution in [3.05, 3.63) is 0 Å². The molecule has 4 N–H and O–H groups in total. The maximum absolute atomic E-state index is 10.6. The van der Waals surface area contributed by atoms with Crippen LogP contribution in [-0.2, 0) is 4.79 Å². The molecule has 1 fully saturated rings. The van der Waals surface area contributed by atoms with Crippen molar-refractivity contribution in [2.45, 2.75) is 37.6 Å². The SMILES string of the molecule is CC1C(O)CC(O)(C(=O)O)CC1O. The van der Waals surface area contributed by atoms with Crippen molar-refractivity contribution >= 4 is 5.97 Å². The lowest BCUT2D eigenvalue weighted by Gasteiger charge is -2.38. The first-order valence-corrected chi connectivity index (χ1v) is 4.19. The topological polar surface area (TPSA) is 98.0 Å². The largest absolute Gasteiger partial charge is 0.479 e. The number of carboxylic acids is 1. The number of rotatable bonds is 1. The second-order valence-electron chi connectivity index (χ2n) is 3.74. The quantitative estimate of drug-likeness (QED) is 0.423. The molecule has 0 heterocycles. The van der Waals surface area contributed by atoms with Crippen LogP contribution in [0, 0.1) is 5.92 Å². The van der Waals surface area contributed by atoms with Gasteiger partial charge in [-0.3, -0.25) is 0 Å². The Kier molecular flexibility index (Phi) is 2.61. The molecular formula is C8H14O5. The molecule has 0 aliphatic heterocycles. The molecule has 0 amide bonds. The van der Waals surface area contributed by atoms with E-state index in [1.54, 1.807) is 6.92 Å². The van der Waals surface area contributed by atoms with Crippen molar-refractivity contribution in [3.8, 4) is 0 Å². The van der Waals surface area contributed by atoms with E-state index in [2.05, 4.69) is 0 Å². The van der Waals surface area contributed by atoms with Gasteiger partial charge in [0.25, 0.3) is 0 Å². The molecular weight excluding hydrogens is 176 g/mol. The summed E-state index contributed by atoms with van der Waals surface area (Å²) >= 11 is 0. The van der Waals surface area contributed by atoms with E-state index in [0.717, 1.165) is 0 Å². The van der Waals surface area contributed by atoms with Crippen molar-refractivity contribution in [1.82, 2.24) is 0 Å². The van der Waals surface area contributed by atoms with Crippen LogP contribution in [0.1, 0.15) is 19.8 Å². The lowest BCUT2D eigenvalue weighted by Crippen LogP contribution is -2.52. The summed E-state index contributed by atoms with van der Waals surface area (Å²) < 4.78 is 0. The molecule has 0 bridgehead atoms. The molecule has 5 heteroatoms. The summed E-state index contributed by atoms with van der Waals surface area (Å²) in [4.78, 5) is 10.6. The van der Waals surface area contributed by atoms with Crippen LogP contribution in [-0.4, -0.2) is 44.2 Å². The predicted molar refractivity (Wildman–Crippen MR) is 43.0 cm³/mol. The summed E-state index contributed by atoms with van der Waals surface area (Å²) in [6.45, 7) is 1.62. The lowest BCUT2D eigenvalue weighted by atomic mass is 9.76. The summed E-state index contributed by atoms with van der Waals surface area (Å²) in [7, 11) is 0. The standard InChI is InChI=1S/C8H14O5/c1-4-5(9)2-8(13,7(11)12)3-6(4)10/h4-6,9-10,13H,2-3H2,1H3,(H,11,12). The Hall–Kier alpha value is -0.650. The number of hydrogen-bond donors (Lipinski definition) is 4. The van der Waals surface area contributed by atoms with Crippen LogP contribution in [0.15, 0.2) is 0 Å². The monoisotopic (exact) mass is 190 g/mol. The predicted octanol–water partition coefficient (Wildman–Crippen LogP) is -1.05. The molecule has 1 saturated carbocycles. The highest BCUT2D eigenvalue weighted by atomic mass is 16.4. The molecule has 0 aromatic heterocycles. The maximum Gasteiger partial charge on any atom is 0.335 e. The van der Waals surface area contributed by atoms with Crippen LogP contribution in [0.25, 0.3) is 0 Å². The average molecular weight is 190 g/mol. The fourth-order valence-electron chi connectivity index (χ4n) is 1.58. The van der Waals surface area contributed by atoms with Crippen LogP contribution in [0.2, 0.25) is 0 Å². The fourth-order valence-corrected chi connectivity index (χ4v) is 1.58. The number of carbonyl (C=O) groups is 1. The minimum atomic E-state index is -1.98. The summed E-state index contributed by atoms with van der Waals surface area (Å²) in [5.41, 5.74) is -1.98. The van der Waals surface area contributed by atoms with Crippen molar-refractivity contribution in [2.24, 2.45) is 5.92 Å². The van der Waals surface area contributed by atoms with Gasteiger partial charge in [-0.05, 0) is 0 Å². The molecule has 76 valence electrons. The van der Waals surface area contributed by atoms with Crippen LogP contribution in [0.4, 0.5) is 0 Å². The van der Waals surface area contributed by atoms with Gasteiger partial charge >= 0.3 is 5.97 Å². The van der Waals surface area contributed by atoms with Gasteiger partial charge in [0.1, 0.15) is 0 Å². The zero-order chi connectivity index (χ0) is 10.2. The van der Waals surface area contributed by atoms with Gasteiger partial charge < -0.3 is 20.4 Å². The number of aliphatic hydroxyl groups excluding tert-OH is 2. The highest BCUT2D eigenvalue weighted by Gasteiger charge is 2.47. The lowest BCUT2D eigenvalue weighted by molar-refractivity contribution is -0.177. The summed E-state index contributed by atoms with van der Waals surface area (Å²) in [5.74, 6) is -1.78. The number of carboxylic acid groups (broad SMARTS) is 1. The summed E-state index contributed by atoms with van der Waals surface area (Å²) in [6.07, 6.45) is -2.38. The third kappa shape index (κ3) is 1.82. The molecule has 0 saturated heterocycles. The normalized spacial score (nSPS) is 46.0. The van der Waals surface area contributed by atoms with E-state index >= 15 is 0 Å². The molecule has 0 spiro atoms. The minimum absolute atomic E-state index is 0.222. The van der Waals surface area contributed by atoms with Gasteiger partial charge in [-0.2, -0.15) is 0 Å². The van der Waals surface area contributed by atoms with E-state index in [9.17, 15) is 20.1 Å². The highest BCUT2D eigenvalue weighted by Crippen LogP contribution is 2.32. The molecule has 0 radical (unpaired) electrons. The molecule has 5 nitrogen and oxygen atoms in total. The van der Waals surface area contributed by atoms with Gasteiger partial charge in [-0.25, -0.2) is 4.79 Å². The van der Waals surface area contributed by atoms with Gasteiger partial charge in [0.05, 0.1) is 12.2 Å². The Morgan fingerprint density at radius 3 is 2.00 bits per heavy atom. The first kappa shape index (κ1) is 10.4. The number of hydrogen-bond acceptors (Lipinski definition) is 4. The van der Waals surface area contributed by atoms with Crippen molar-refractivity contribution in [3.63, 3.8) is 0 Å². The van der Waals surface area contributed by atoms with Crippen LogP contribution in [0.3, 0.4) is 0 Å². The van der Waals surface area contributed by atoms with Gasteiger partial charge in [0.15, 0.2) is 5.60 Å². The van der Waals surface area contributed by atoms with Crippen molar-refractivity contribution < 1.29 is 25.2 Å². The zero-order valence-corrected chi connectivity index (χ0v) is 7.34. The Morgan fingerprint density at radius 2 is 1.69 bits per heavy atom. The third-order valence-corrected chi connectivity index (χ3v) is 2.71. The van der Waals surface area contributed by atoms with Crippen LogP contribution >= 0.6 is 0 Å². The Bertz CT molecular complexity index is 203. The van der Waals surface area contributed by atoms with E-state index in [1.165, 1.54) is 0 Å². The van der Waals surface area contributed by atoms with E-state index < -0.39 is 23.8 Å². The van der Waals surface area contributed by atoms with Gasteiger partial charge in [0.2, 0.25) is 0 Å². The molecule has 13 heavy (non-hydrogen) atoms. The molecule has 1 aliphatic carbocycles. The Morgan fingerprint density at radius 1 is 1.31 bits per heavy atom. The second-order valence-corrected chi connectivity index (χ2v) is 3.74. The van der Waals surface area contributed by atoms with Crippen molar-refractivity contribution in [1.29, 1.82) is 0 Å². The molecule has 2 unspecified atom stereocenters. The first-order valence-electron chi connectivity index (χ1n) is 4.19. The fraction of sp³-hybridized carbons (Fsp3) is 0.875. The average Bonchev–Trinajstić information content (AvgIpc) is 2.00. The van der Waals surface area contributed by atoms with Gasteiger partial charge in [-0.1, -0.05) is 6.92 Å². The maximum atomic E-state index is 10.6. The molecule has 0 aromatic rings. The molecule has 2 atom stereocenters. The van der Waals surface area contributed by atoms with Crippen molar-refractivity contribution in [2.75, 3.05) is 0 Å². The van der Waals surface area contributed by atoms with E-state index in [0.29, 0.717) is 0 Å². The van der Waals surface area contributed by atoms with Gasteiger partial charge in [0, 0.05) is 18.8 Å². The zero-order valence-electron chi connectivity index (χ0n) is 7.34. The highest BCUT2D eigenvalue weighted by molar-refractivity contribution is 5.77. The van der Waals surface area contributed by atoms with E-state index in [1.807, 2.05) is 0 Å². The second kappa shape index (κ2) is 3.25. The molecule has 1 rings (SSSR count). The van der Waals surface area contributed by atoms with Crippen LogP contribution in [0.5, 0.6) is 0 Å². The smallest absolute Gasteiger partial charge is 0.335 e.